The summed E-state index contributed by atoms with van der Waals surface area (Å²) < 4.78 is 10.5. The molecule has 4 heteroatoms. The number of hydrogen-bond donors (Lipinski definition) is 0. The molecule has 0 spiro atoms. The molecule has 0 saturated carbocycles. The van der Waals surface area contributed by atoms with Gasteiger partial charge >= 0.3 is 5.97 Å². The van der Waals surface area contributed by atoms with Gasteiger partial charge in [-0.3, -0.25) is 9.69 Å². The van der Waals surface area contributed by atoms with E-state index >= 15 is 0 Å². The monoisotopic (exact) mass is 255 g/mol. The second kappa shape index (κ2) is 9.11. The first-order valence-corrected chi connectivity index (χ1v) is 6.86. The molecule has 1 fully saturated rings. The Kier molecular flexibility index (Phi) is 7.69. The average Bonchev–Trinajstić information content (AvgIpc) is 2.82. The Morgan fingerprint density at radius 3 is 3.06 bits per heavy atom. The highest BCUT2D eigenvalue weighted by Crippen LogP contribution is 2.16. The van der Waals surface area contributed by atoms with Crippen LogP contribution in [0.1, 0.15) is 32.6 Å². The van der Waals surface area contributed by atoms with Crippen LogP contribution in [0.3, 0.4) is 0 Å². The molecular formula is C14H25NO3. The normalized spacial score (nSPS) is 19.1. The van der Waals surface area contributed by atoms with Gasteiger partial charge in [-0.2, -0.15) is 0 Å². The van der Waals surface area contributed by atoms with Crippen LogP contribution in [0.15, 0.2) is 12.7 Å². The number of nitrogens with zero attached hydrogens (tertiary/aromatic N) is 1. The highest BCUT2D eigenvalue weighted by Gasteiger charge is 2.16. The molecule has 0 amide bonds. The van der Waals surface area contributed by atoms with E-state index < -0.39 is 0 Å². The fourth-order valence-corrected chi connectivity index (χ4v) is 2.22. The van der Waals surface area contributed by atoms with E-state index in [0.717, 1.165) is 32.5 Å². The van der Waals surface area contributed by atoms with Gasteiger partial charge in [0.05, 0.1) is 19.3 Å². The zero-order valence-electron chi connectivity index (χ0n) is 11.4. The molecule has 1 unspecified atom stereocenters. The lowest BCUT2D eigenvalue weighted by Gasteiger charge is -2.20. The van der Waals surface area contributed by atoms with Crippen molar-refractivity contribution in [2.45, 2.75) is 38.7 Å². The quantitative estimate of drug-likeness (QED) is 0.466. The van der Waals surface area contributed by atoms with Crippen molar-refractivity contribution in [1.82, 2.24) is 4.90 Å². The van der Waals surface area contributed by atoms with Crippen molar-refractivity contribution < 1.29 is 14.3 Å². The summed E-state index contributed by atoms with van der Waals surface area (Å²) in [4.78, 5) is 13.5. The number of carbonyl (C=O) groups is 1. The molecule has 1 atom stereocenters. The zero-order chi connectivity index (χ0) is 13.2. The summed E-state index contributed by atoms with van der Waals surface area (Å²) in [5.74, 6) is -0.156. The van der Waals surface area contributed by atoms with Gasteiger partial charge in [0.15, 0.2) is 0 Å². The molecule has 1 saturated heterocycles. The van der Waals surface area contributed by atoms with Gasteiger partial charge in [-0.05, 0) is 39.2 Å². The summed E-state index contributed by atoms with van der Waals surface area (Å²) in [7, 11) is 0. The van der Waals surface area contributed by atoms with Gasteiger partial charge in [-0.15, -0.1) is 6.58 Å². The Bertz CT molecular complexity index is 249. The lowest BCUT2D eigenvalue weighted by Crippen LogP contribution is -2.32. The predicted octanol–water partition coefficient (Wildman–Crippen LogP) is 2.00. The molecule has 0 aromatic rings. The van der Waals surface area contributed by atoms with Crippen molar-refractivity contribution in [1.29, 1.82) is 0 Å². The van der Waals surface area contributed by atoms with Gasteiger partial charge in [-0.1, -0.05) is 6.08 Å². The molecule has 0 aliphatic carbocycles. The second-order valence-electron chi connectivity index (χ2n) is 4.61. The van der Waals surface area contributed by atoms with Crippen LogP contribution in [0.25, 0.3) is 0 Å². The standard InChI is InChI=1S/C14H25NO3/c1-3-9-15(12-14(16)17-4-2)10-5-7-13-8-6-11-18-13/h3,13H,1,4-12H2,2H3. The molecule has 1 rings (SSSR count). The predicted molar refractivity (Wildman–Crippen MR) is 71.5 cm³/mol. The molecule has 1 heterocycles. The SMILES string of the molecule is C=CCN(CCCC1CCCO1)CC(=O)OCC. The van der Waals surface area contributed by atoms with Crippen molar-refractivity contribution in [2.24, 2.45) is 0 Å². The van der Waals surface area contributed by atoms with E-state index in [1.165, 1.54) is 12.8 Å². The first kappa shape index (κ1) is 15.2. The summed E-state index contributed by atoms with van der Waals surface area (Å²) in [5, 5.41) is 0. The number of esters is 1. The van der Waals surface area contributed by atoms with Crippen LogP contribution in [0, 0.1) is 0 Å². The summed E-state index contributed by atoms with van der Waals surface area (Å²) in [5.41, 5.74) is 0. The molecule has 4 nitrogen and oxygen atoms in total. The molecule has 1 aliphatic rings. The topological polar surface area (TPSA) is 38.8 Å². The maximum Gasteiger partial charge on any atom is 0.320 e. The Balaban J connectivity index is 2.19. The highest BCUT2D eigenvalue weighted by atomic mass is 16.5. The average molecular weight is 255 g/mol. The Morgan fingerprint density at radius 2 is 2.44 bits per heavy atom. The largest absolute Gasteiger partial charge is 0.465 e. The second-order valence-corrected chi connectivity index (χ2v) is 4.61. The smallest absolute Gasteiger partial charge is 0.320 e. The van der Waals surface area contributed by atoms with Crippen LogP contribution in [-0.4, -0.2) is 49.8 Å². The third-order valence-electron chi connectivity index (χ3n) is 3.07. The minimum Gasteiger partial charge on any atom is -0.465 e. The van der Waals surface area contributed by atoms with Gasteiger partial charge in [0.2, 0.25) is 0 Å². The number of hydrogen-bond acceptors (Lipinski definition) is 4. The summed E-state index contributed by atoms with van der Waals surface area (Å²) in [6, 6.07) is 0. The number of carbonyl (C=O) groups excluding carboxylic acids is 1. The highest BCUT2D eigenvalue weighted by molar-refractivity contribution is 5.71. The van der Waals surface area contributed by atoms with Crippen molar-refractivity contribution in [3.8, 4) is 0 Å². The molecule has 104 valence electrons. The molecule has 0 radical (unpaired) electrons. The fourth-order valence-electron chi connectivity index (χ4n) is 2.22. The first-order chi connectivity index (χ1) is 8.76. The van der Waals surface area contributed by atoms with Gasteiger partial charge < -0.3 is 9.47 Å². The zero-order valence-corrected chi connectivity index (χ0v) is 11.4. The van der Waals surface area contributed by atoms with E-state index in [0.29, 0.717) is 19.3 Å². The molecule has 0 N–H and O–H groups in total. The van der Waals surface area contributed by atoms with Crippen molar-refractivity contribution >= 4 is 5.97 Å². The third-order valence-corrected chi connectivity index (χ3v) is 3.07. The molecule has 0 bridgehead atoms. The van der Waals surface area contributed by atoms with Crippen molar-refractivity contribution in [3.63, 3.8) is 0 Å². The molecule has 18 heavy (non-hydrogen) atoms. The third kappa shape index (κ3) is 6.17. The molecule has 0 aromatic heterocycles. The summed E-state index contributed by atoms with van der Waals surface area (Å²) in [6.45, 7) is 8.87. The van der Waals surface area contributed by atoms with Crippen molar-refractivity contribution in [2.75, 3.05) is 32.8 Å². The van der Waals surface area contributed by atoms with E-state index in [1.54, 1.807) is 0 Å². The van der Waals surface area contributed by atoms with E-state index in [9.17, 15) is 4.79 Å². The lowest BCUT2D eigenvalue weighted by atomic mass is 10.1. The fraction of sp³-hybridized carbons (Fsp3) is 0.786. The van der Waals surface area contributed by atoms with E-state index in [4.69, 9.17) is 9.47 Å². The van der Waals surface area contributed by atoms with E-state index in [1.807, 2.05) is 13.0 Å². The Hall–Kier alpha value is -0.870. The van der Waals surface area contributed by atoms with Crippen LogP contribution in [0.5, 0.6) is 0 Å². The lowest BCUT2D eigenvalue weighted by molar-refractivity contribution is -0.144. The maximum atomic E-state index is 11.4. The van der Waals surface area contributed by atoms with Gasteiger partial charge in [0, 0.05) is 13.2 Å². The van der Waals surface area contributed by atoms with Crippen LogP contribution in [0.2, 0.25) is 0 Å². The van der Waals surface area contributed by atoms with Gasteiger partial charge in [0.1, 0.15) is 0 Å². The number of rotatable bonds is 9. The van der Waals surface area contributed by atoms with Crippen molar-refractivity contribution in [3.05, 3.63) is 12.7 Å². The minimum atomic E-state index is -0.156. The summed E-state index contributed by atoms with van der Waals surface area (Å²) in [6.07, 6.45) is 6.75. The van der Waals surface area contributed by atoms with E-state index in [-0.39, 0.29) is 5.97 Å². The van der Waals surface area contributed by atoms with Crippen LogP contribution in [-0.2, 0) is 14.3 Å². The Morgan fingerprint density at radius 1 is 1.61 bits per heavy atom. The molecule has 1 aliphatic heterocycles. The molecular weight excluding hydrogens is 230 g/mol. The molecule has 0 aromatic carbocycles. The van der Waals surface area contributed by atoms with Crippen LogP contribution < -0.4 is 0 Å². The van der Waals surface area contributed by atoms with Gasteiger partial charge in [-0.25, -0.2) is 0 Å². The van der Waals surface area contributed by atoms with Crippen LogP contribution >= 0.6 is 0 Å². The maximum absolute atomic E-state index is 11.4. The first-order valence-electron chi connectivity index (χ1n) is 6.86. The Labute approximate surface area is 110 Å². The van der Waals surface area contributed by atoms with E-state index in [2.05, 4.69) is 11.5 Å². The van der Waals surface area contributed by atoms with Crippen LogP contribution in [0.4, 0.5) is 0 Å². The van der Waals surface area contributed by atoms with Gasteiger partial charge in [0.25, 0.3) is 0 Å². The minimum absolute atomic E-state index is 0.156. The summed E-state index contributed by atoms with van der Waals surface area (Å²) >= 11 is 0. The number of ether oxygens (including phenoxy) is 2.